The number of aryl methyl sites for hydroxylation is 1. The number of anilines is 1. The van der Waals surface area contributed by atoms with Crippen LogP contribution in [0, 0.1) is 0 Å². The number of nitrogens with two attached hydrogens (primary N) is 3. The molecule has 0 aliphatic heterocycles. The smallest absolute Gasteiger partial charge is 0.247 e. The minimum absolute atomic E-state index is 0.253. The first kappa shape index (κ1) is 32.8. The van der Waals surface area contributed by atoms with E-state index < -0.39 is 23.9 Å². The first-order valence-electron chi connectivity index (χ1n) is 13.5. The molecule has 2 atom stereocenters. The number of nitrogens with one attached hydrogen (secondary N) is 2. The van der Waals surface area contributed by atoms with Gasteiger partial charge in [0.05, 0.1) is 23.2 Å². The van der Waals surface area contributed by atoms with Crippen molar-refractivity contribution in [1.82, 2.24) is 10.2 Å². The van der Waals surface area contributed by atoms with Crippen molar-refractivity contribution < 1.29 is 19.1 Å². The number of benzene rings is 3. The first-order chi connectivity index (χ1) is 20.2. The molecule has 0 unspecified atom stereocenters. The standard InChI is InChI=1S/C30H36Cl2N6O4/c31-21-11-13-26(22(32)18-21)42-27-9-5-4-8-24(27)36-30(41)25(12-10-20-6-2-1-3-7-20)37-29(40)23(35)19-28(39)38(16-14-33)17-15-34/h1-9,11,13,18,23,25H,10,12,14-17,19,33-35H2,(H,36,41)(H,37,40)/t23-,25-/m0/s1. The molecule has 10 nitrogen and oxygen atoms in total. The predicted molar refractivity (Wildman–Crippen MR) is 166 cm³/mol. The molecule has 42 heavy (non-hydrogen) atoms. The fourth-order valence-electron chi connectivity index (χ4n) is 4.14. The van der Waals surface area contributed by atoms with E-state index >= 15 is 0 Å². The number of halogens is 2. The van der Waals surface area contributed by atoms with Gasteiger partial charge in [0.15, 0.2) is 5.75 Å². The Morgan fingerprint density at radius 1 is 0.857 bits per heavy atom. The summed E-state index contributed by atoms with van der Waals surface area (Å²) in [6, 6.07) is 19.1. The van der Waals surface area contributed by atoms with Gasteiger partial charge >= 0.3 is 0 Å². The van der Waals surface area contributed by atoms with Crippen molar-refractivity contribution in [3.63, 3.8) is 0 Å². The number of rotatable bonds is 15. The summed E-state index contributed by atoms with van der Waals surface area (Å²) in [5.41, 5.74) is 18.6. The van der Waals surface area contributed by atoms with E-state index in [1.165, 1.54) is 4.90 Å². The van der Waals surface area contributed by atoms with Gasteiger partial charge in [-0.3, -0.25) is 14.4 Å². The van der Waals surface area contributed by atoms with Crippen LogP contribution in [0.25, 0.3) is 0 Å². The van der Waals surface area contributed by atoms with Crippen molar-refractivity contribution >= 4 is 46.6 Å². The second kappa shape index (κ2) is 16.7. The highest BCUT2D eigenvalue weighted by molar-refractivity contribution is 6.35. The third kappa shape index (κ3) is 10.0. The second-order valence-electron chi connectivity index (χ2n) is 9.52. The van der Waals surface area contributed by atoms with Crippen LogP contribution in [0.5, 0.6) is 11.5 Å². The highest BCUT2D eigenvalue weighted by Crippen LogP contribution is 2.35. The van der Waals surface area contributed by atoms with Gasteiger partial charge < -0.3 is 37.5 Å². The molecule has 224 valence electrons. The number of para-hydroxylation sites is 2. The maximum Gasteiger partial charge on any atom is 0.247 e. The molecule has 3 aromatic rings. The highest BCUT2D eigenvalue weighted by atomic mass is 35.5. The third-order valence-corrected chi connectivity index (χ3v) is 6.87. The van der Waals surface area contributed by atoms with Crippen LogP contribution in [0.4, 0.5) is 5.69 Å². The van der Waals surface area contributed by atoms with Gasteiger partial charge in [0.1, 0.15) is 11.8 Å². The van der Waals surface area contributed by atoms with Crippen LogP contribution >= 0.6 is 23.2 Å². The molecule has 3 rings (SSSR count). The Morgan fingerprint density at radius 2 is 1.52 bits per heavy atom. The maximum absolute atomic E-state index is 13.5. The van der Waals surface area contributed by atoms with E-state index in [0.717, 1.165) is 5.56 Å². The quantitative estimate of drug-likeness (QED) is 0.175. The number of hydrogen-bond acceptors (Lipinski definition) is 7. The summed E-state index contributed by atoms with van der Waals surface area (Å²) < 4.78 is 5.96. The van der Waals surface area contributed by atoms with Crippen LogP contribution in [-0.4, -0.2) is 60.9 Å². The Bertz CT molecular complexity index is 1340. The molecule has 3 aromatic carbocycles. The summed E-state index contributed by atoms with van der Waals surface area (Å²) in [7, 11) is 0. The van der Waals surface area contributed by atoms with Crippen molar-refractivity contribution in [2.45, 2.75) is 31.3 Å². The molecular formula is C30H36Cl2N6O4. The third-order valence-electron chi connectivity index (χ3n) is 6.34. The molecular weight excluding hydrogens is 579 g/mol. The fraction of sp³-hybridized carbons (Fsp3) is 0.300. The summed E-state index contributed by atoms with van der Waals surface area (Å²) in [6.07, 6.45) is 0.533. The number of nitrogens with zero attached hydrogens (tertiary/aromatic N) is 1. The normalized spacial score (nSPS) is 12.2. The molecule has 0 bridgehead atoms. The molecule has 0 aromatic heterocycles. The van der Waals surface area contributed by atoms with Gasteiger partial charge in [-0.2, -0.15) is 0 Å². The van der Waals surface area contributed by atoms with E-state index in [-0.39, 0.29) is 31.8 Å². The predicted octanol–water partition coefficient (Wildman–Crippen LogP) is 3.31. The van der Waals surface area contributed by atoms with E-state index in [4.69, 9.17) is 45.1 Å². The van der Waals surface area contributed by atoms with E-state index in [1.54, 1.807) is 42.5 Å². The average Bonchev–Trinajstić information content (AvgIpc) is 2.97. The van der Waals surface area contributed by atoms with Gasteiger partial charge in [0.25, 0.3) is 0 Å². The molecule has 0 saturated heterocycles. The molecule has 0 saturated carbocycles. The highest BCUT2D eigenvalue weighted by Gasteiger charge is 2.27. The molecule has 0 spiro atoms. The van der Waals surface area contributed by atoms with Gasteiger partial charge in [-0.15, -0.1) is 0 Å². The summed E-state index contributed by atoms with van der Waals surface area (Å²) >= 11 is 12.3. The van der Waals surface area contributed by atoms with E-state index in [0.29, 0.717) is 46.7 Å². The zero-order valence-corrected chi connectivity index (χ0v) is 24.6. The molecule has 12 heteroatoms. The van der Waals surface area contributed by atoms with E-state index in [1.807, 2.05) is 30.3 Å². The fourth-order valence-corrected chi connectivity index (χ4v) is 4.59. The van der Waals surface area contributed by atoms with Crippen molar-refractivity contribution in [3.05, 3.63) is 88.4 Å². The Kier molecular flexibility index (Phi) is 13.1. The minimum Gasteiger partial charge on any atom is -0.454 e. The van der Waals surface area contributed by atoms with Crippen LogP contribution in [0.3, 0.4) is 0 Å². The summed E-state index contributed by atoms with van der Waals surface area (Å²) in [6.45, 7) is 1.11. The Labute approximate surface area is 255 Å². The molecule has 8 N–H and O–H groups in total. The minimum atomic E-state index is -1.18. The van der Waals surface area contributed by atoms with Crippen LogP contribution < -0.4 is 32.6 Å². The summed E-state index contributed by atoms with van der Waals surface area (Å²) in [4.78, 5) is 40.8. The molecule has 0 aliphatic rings. The van der Waals surface area contributed by atoms with Gasteiger partial charge in [0, 0.05) is 31.2 Å². The molecule has 3 amide bonds. The van der Waals surface area contributed by atoms with Crippen LogP contribution in [-0.2, 0) is 20.8 Å². The Balaban J connectivity index is 1.75. The maximum atomic E-state index is 13.5. The van der Waals surface area contributed by atoms with Crippen molar-refractivity contribution in [2.75, 3.05) is 31.5 Å². The lowest BCUT2D eigenvalue weighted by atomic mass is 10.0. The molecule has 0 heterocycles. The SMILES string of the molecule is NCCN(CCN)C(=O)C[C@H](N)C(=O)N[C@@H](CCc1ccccc1)C(=O)Nc1ccccc1Oc1ccc(Cl)cc1Cl. The van der Waals surface area contributed by atoms with Crippen LogP contribution in [0.1, 0.15) is 18.4 Å². The van der Waals surface area contributed by atoms with Gasteiger partial charge in [-0.1, -0.05) is 65.7 Å². The molecule has 0 fully saturated rings. The zero-order chi connectivity index (χ0) is 30.5. The van der Waals surface area contributed by atoms with E-state index in [9.17, 15) is 14.4 Å². The molecule has 0 aliphatic carbocycles. The topological polar surface area (TPSA) is 166 Å². The number of carbonyl (C=O) groups excluding carboxylic acids is 3. The number of carbonyl (C=O) groups is 3. The average molecular weight is 616 g/mol. The largest absolute Gasteiger partial charge is 0.454 e. The number of amides is 3. The van der Waals surface area contributed by atoms with E-state index in [2.05, 4.69) is 10.6 Å². The Morgan fingerprint density at radius 3 is 2.19 bits per heavy atom. The van der Waals surface area contributed by atoms with Crippen LogP contribution in [0.2, 0.25) is 10.0 Å². The van der Waals surface area contributed by atoms with Gasteiger partial charge in [-0.25, -0.2) is 0 Å². The van der Waals surface area contributed by atoms with Crippen molar-refractivity contribution in [1.29, 1.82) is 0 Å². The number of hydrogen-bond donors (Lipinski definition) is 5. The first-order valence-corrected chi connectivity index (χ1v) is 14.3. The lowest BCUT2D eigenvalue weighted by Gasteiger charge is -2.24. The Hall–Kier alpha value is -3.67. The lowest BCUT2D eigenvalue weighted by molar-refractivity contribution is -0.134. The summed E-state index contributed by atoms with van der Waals surface area (Å²) in [5.74, 6) is -0.764. The van der Waals surface area contributed by atoms with Crippen molar-refractivity contribution in [2.24, 2.45) is 17.2 Å². The van der Waals surface area contributed by atoms with Gasteiger partial charge in [0.2, 0.25) is 17.7 Å². The lowest BCUT2D eigenvalue weighted by Crippen LogP contribution is -2.52. The summed E-state index contributed by atoms with van der Waals surface area (Å²) in [5, 5.41) is 6.33. The monoisotopic (exact) mass is 614 g/mol. The zero-order valence-electron chi connectivity index (χ0n) is 23.1. The van der Waals surface area contributed by atoms with Crippen molar-refractivity contribution in [3.8, 4) is 11.5 Å². The van der Waals surface area contributed by atoms with Crippen LogP contribution in [0.15, 0.2) is 72.8 Å². The van der Waals surface area contributed by atoms with Gasteiger partial charge in [-0.05, 0) is 48.7 Å². The number of ether oxygens (including phenoxy) is 1. The second-order valence-corrected chi connectivity index (χ2v) is 10.4. The molecule has 0 radical (unpaired) electrons.